The van der Waals surface area contributed by atoms with E-state index in [2.05, 4.69) is 19.7 Å². The maximum Gasteiger partial charge on any atom is 0.338 e. The Balaban J connectivity index is 2.06. The Morgan fingerprint density at radius 3 is 1.50 bits per heavy atom. The number of hydrogen-bond donors (Lipinski definition) is 0. The van der Waals surface area contributed by atoms with Gasteiger partial charge in [0.1, 0.15) is 5.75 Å². The molecule has 0 aliphatic carbocycles. The first kappa shape index (κ1) is 26.3. The minimum Gasteiger partial charge on any atom is -0.462 e. The molecule has 2 rings (SSSR count). The molecular weight excluding hydrogens is 432 g/mol. The highest BCUT2D eigenvalue weighted by atomic mass is 16.5. The summed E-state index contributed by atoms with van der Waals surface area (Å²) in [7, 11) is 0. The Bertz CT molecular complexity index is 1050. The maximum absolute atomic E-state index is 11.8. The van der Waals surface area contributed by atoms with Gasteiger partial charge in [-0.2, -0.15) is 0 Å². The van der Waals surface area contributed by atoms with Gasteiger partial charge in [0.25, 0.3) is 0 Å². The van der Waals surface area contributed by atoms with E-state index >= 15 is 0 Å². The average molecular weight is 463 g/mol. The molecule has 0 heterocycles. The molecule has 34 heavy (non-hydrogen) atoms. The van der Waals surface area contributed by atoms with Crippen molar-refractivity contribution in [1.29, 1.82) is 0 Å². The zero-order valence-electron chi connectivity index (χ0n) is 19.9. The van der Waals surface area contributed by atoms with Crippen LogP contribution in [0.25, 0.3) is 11.1 Å². The predicted octanol–water partition coefficient (Wildman–Crippen LogP) is 5.23. The standard InChI is InChI=1S/C28H30O6/c1-18(2)26(29)32-16-22(17-33-27(30)19(3)4)15-21-7-9-23(10-8-21)24-11-13-25(14-12-24)34-28(31)20(5)6/h7-14,22H,1,3,5,15-17H2,2,4,6H3. The molecule has 0 aromatic heterocycles. The summed E-state index contributed by atoms with van der Waals surface area (Å²) in [5.41, 5.74) is 3.90. The fourth-order valence-electron chi connectivity index (χ4n) is 2.88. The second kappa shape index (κ2) is 12.3. The van der Waals surface area contributed by atoms with Crippen molar-refractivity contribution in [2.45, 2.75) is 27.2 Å². The number of rotatable bonds is 11. The number of hydrogen-bond acceptors (Lipinski definition) is 6. The highest BCUT2D eigenvalue weighted by Crippen LogP contribution is 2.24. The third-order valence-electron chi connectivity index (χ3n) is 4.82. The van der Waals surface area contributed by atoms with Gasteiger partial charge >= 0.3 is 17.9 Å². The molecular formula is C28H30O6. The zero-order valence-corrected chi connectivity index (χ0v) is 19.9. The lowest BCUT2D eigenvalue weighted by atomic mass is 9.98. The maximum atomic E-state index is 11.8. The van der Waals surface area contributed by atoms with Gasteiger partial charge < -0.3 is 14.2 Å². The smallest absolute Gasteiger partial charge is 0.338 e. The van der Waals surface area contributed by atoms with Crippen molar-refractivity contribution in [3.05, 3.63) is 90.6 Å². The van der Waals surface area contributed by atoms with Gasteiger partial charge in [-0.1, -0.05) is 56.1 Å². The molecule has 0 radical (unpaired) electrons. The van der Waals surface area contributed by atoms with Crippen molar-refractivity contribution in [3.63, 3.8) is 0 Å². The normalized spacial score (nSPS) is 10.4. The fraction of sp³-hybridized carbons (Fsp3) is 0.250. The van der Waals surface area contributed by atoms with E-state index in [1.807, 2.05) is 36.4 Å². The number of ether oxygens (including phenoxy) is 3. The molecule has 0 saturated carbocycles. The molecule has 0 N–H and O–H groups in total. The van der Waals surface area contributed by atoms with Crippen molar-refractivity contribution < 1.29 is 28.6 Å². The Morgan fingerprint density at radius 2 is 1.09 bits per heavy atom. The highest BCUT2D eigenvalue weighted by Gasteiger charge is 2.17. The molecule has 0 spiro atoms. The fourth-order valence-corrected chi connectivity index (χ4v) is 2.88. The van der Waals surface area contributed by atoms with Crippen LogP contribution in [0, 0.1) is 5.92 Å². The summed E-state index contributed by atoms with van der Waals surface area (Å²) in [6.45, 7) is 15.7. The Morgan fingerprint density at radius 1 is 0.676 bits per heavy atom. The summed E-state index contributed by atoms with van der Waals surface area (Å²) in [6, 6.07) is 15.1. The van der Waals surface area contributed by atoms with Crippen LogP contribution in [0.1, 0.15) is 26.3 Å². The summed E-state index contributed by atoms with van der Waals surface area (Å²) >= 11 is 0. The molecule has 0 fully saturated rings. The molecule has 6 heteroatoms. The van der Waals surface area contributed by atoms with Crippen molar-refractivity contribution in [2.24, 2.45) is 5.92 Å². The molecule has 0 unspecified atom stereocenters. The molecule has 0 aliphatic heterocycles. The molecule has 178 valence electrons. The minimum atomic E-state index is -0.482. The van der Waals surface area contributed by atoms with Crippen LogP contribution < -0.4 is 4.74 Å². The molecule has 2 aromatic rings. The number of carbonyl (C=O) groups excluding carboxylic acids is 3. The van der Waals surface area contributed by atoms with E-state index < -0.39 is 17.9 Å². The van der Waals surface area contributed by atoms with Crippen LogP contribution in [0.4, 0.5) is 0 Å². The van der Waals surface area contributed by atoms with Crippen LogP contribution in [-0.2, 0) is 30.3 Å². The molecule has 0 bridgehead atoms. The monoisotopic (exact) mass is 462 g/mol. The Kier molecular flexibility index (Phi) is 9.56. The largest absolute Gasteiger partial charge is 0.462 e. The van der Waals surface area contributed by atoms with E-state index in [1.54, 1.807) is 32.9 Å². The van der Waals surface area contributed by atoms with Crippen LogP contribution in [0.5, 0.6) is 5.75 Å². The van der Waals surface area contributed by atoms with Crippen LogP contribution in [0.15, 0.2) is 85.0 Å². The number of carbonyl (C=O) groups is 3. The topological polar surface area (TPSA) is 78.9 Å². The number of esters is 3. The third kappa shape index (κ3) is 8.20. The first-order chi connectivity index (χ1) is 16.1. The van der Waals surface area contributed by atoms with Crippen molar-refractivity contribution >= 4 is 17.9 Å². The summed E-state index contributed by atoms with van der Waals surface area (Å²) in [4.78, 5) is 35.2. The van der Waals surface area contributed by atoms with E-state index in [0.29, 0.717) is 28.9 Å². The zero-order chi connectivity index (χ0) is 25.3. The van der Waals surface area contributed by atoms with Gasteiger partial charge in [0.2, 0.25) is 0 Å². The van der Waals surface area contributed by atoms with Crippen LogP contribution >= 0.6 is 0 Å². The average Bonchev–Trinajstić information content (AvgIpc) is 2.81. The second-order valence-corrected chi connectivity index (χ2v) is 8.22. The first-order valence-corrected chi connectivity index (χ1v) is 10.8. The number of benzene rings is 2. The van der Waals surface area contributed by atoms with Gasteiger partial charge in [-0.05, 0) is 56.0 Å². The van der Waals surface area contributed by atoms with Gasteiger partial charge in [0.05, 0.1) is 13.2 Å². The van der Waals surface area contributed by atoms with Crippen molar-refractivity contribution in [3.8, 4) is 16.9 Å². The van der Waals surface area contributed by atoms with Gasteiger partial charge in [-0.3, -0.25) is 0 Å². The molecule has 2 aromatic carbocycles. The lowest BCUT2D eigenvalue weighted by Gasteiger charge is -2.18. The van der Waals surface area contributed by atoms with Crippen LogP contribution in [-0.4, -0.2) is 31.1 Å². The lowest BCUT2D eigenvalue weighted by Crippen LogP contribution is -2.23. The van der Waals surface area contributed by atoms with Gasteiger partial charge in [0, 0.05) is 22.6 Å². The second-order valence-electron chi connectivity index (χ2n) is 8.22. The minimum absolute atomic E-state index is 0.0985. The first-order valence-electron chi connectivity index (χ1n) is 10.8. The van der Waals surface area contributed by atoms with E-state index in [1.165, 1.54) is 0 Å². The SMILES string of the molecule is C=C(C)C(=O)OCC(COC(=O)C(=C)C)Cc1ccc(-c2ccc(OC(=O)C(=C)C)cc2)cc1. The van der Waals surface area contributed by atoms with Crippen molar-refractivity contribution in [1.82, 2.24) is 0 Å². The molecule has 0 atom stereocenters. The molecule has 0 saturated heterocycles. The van der Waals surface area contributed by atoms with Gasteiger partial charge in [-0.25, -0.2) is 14.4 Å². The molecule has 6 nitrogen and oxygen atoms in total. The van der Waals surface area contributed by atoms with E-state index in [-0.39, 0.29) is 19.1 Å². The van der Waals surface area contributed by atoms with E-state index in [9.17, 15) is 14.4 Å². The third-order valence-corrected chi connectivity index (χ3v) is 4.82. The van der Waals surface area contributed by atoms with E-state index in [0.717, 1.165) is 16.7 Å². The van der Waals surface area contributed by atoms with Gasteiger partial charge in [0.15, 0.2) is 0 Å². The summed E-state index contributed by atoms with van der Waals surface area (Å²) in [5, 5.41) is 0. The Labute approximate surface area is 200 Å². The van der Waals surface area contributed by atoms with Crippen LogP contribution in [0.3, 0.4) is 0 Å². The summed E-state index contributed by atoms with van der Waals surface area (Å²) in [5.74, 6) is -1.20. The molecule has 0 aliphatic rings. The predicted molar refractivity (Wildman–Crippen MR) is 131 cm³/mol. The van der Waals surface area contributed by atoms with Crippen molar-refractivity contribution in [2.75, 3.05) is 13.2 Å². The lowest BCUT2D eigenvalue weighted by molar-refractivity contribution is -0.144. The Hall–Kier alpha value is -3.93. The van der Waals surface area contributed by atoms with Gasteiger partial charge in [-0.15, -0.1) is 0 Å². The molecule has 0 amide bonds. The highest BCUT2D eigenvalue weighted by molar-refractivity contribution is 5.89. The van der Waals surface area contributed by atoms with E-state index in [4.69, 9.17) is 14.2 Å². The summed E-state index contributed by atoms with van der Waals surface area (Å²) in [6.07, 6.45) is 0.545. The quantitative estimate of drug-likeness (QED) is 0.258. The van der Waals surface area contributed by atoms with Crippen LogP contribution in [0.2, 0.25) is 0 Å². The summed E-state index contributed by atoms with van der Waals surface area (Å²) < 4.78 is 15.8.